The van der Waals surface area contributed by atoms with E-state index in [0.717, 1.165) is 21.0 Å². The Kier molecular flexibility index (Phi) is 3.16. The molecule has 0 radical (unpaired) electrons. The lowest BCUT2D eigenvalue weighted by molar-refractivity contribution is 0.243. The summed E-state index contributed by atoms with van der Waals surface area (Å²) in [7, 11) is 0. The molecule has 1 aliphatic carbocycles. The van der Waals surface area contributed by atoms with Crippen LogP contribution in [0.25, 0.3) is 0 Å². The van der Waals surface area contributed by atoms with Crippen molar-refractivity contribution in [3.63, 3.8) is 0 Å². The van der Waals surface area contributed by atoms with Gasteiger partial charge in [0.05, 0.1) is 0 Å². The van der Waals surface area contributed by atoms with Gasteiger partial charge in [0.2, 0.25) is 5.13 Å². The second-order valence-electron chi connectivity index (χ2n) is 4.79. The number of halogens is 1. The Morgan fingerprint density at radius 2 is 1.94 bits per heavy atom. The Hall–Kier alpha value is -0.160. The highest BCUT2D eigenvalue weighted by atomic mass is 79.9. The molecule has 1 aliphatic heterocycles. The highest BCUT2D eigenvalue weighted by Gasteiger charge is 2.34. The summed E-state index contributed by atoms with van der Waals surface area (Å²) in [5.41, 5.74) is 0. The third-order valence-electron chi connectivity index (χ3n) is 3.88. The number of hydrogen-bond donors (Lipinski definition) is 0. The van der Waals surface area contributed by atoms with Gasteiger partial charge in [-0.2, -0.15) is 0 Å². The number of anilines is 1. The zero-order valence-corrected chi connectivity index (χ0v) is 11.6. The average Bonchev–Trinajstić information content (AvgIpc) is 2.75. The van der Waals surface area contributed by atoms with Crippen molar-refractivity contribution in [2.75, 3.05) is 11.4 Å². The molecule has 1 saturated carbocycles. The monoisotopic (exact) mass is 301 g/mol. The Morgan fingerprint density at radius 1 is 1.12 bits per heavy atom. The average molecular weight is 302 g/mol. The zero-order chi connectivity index (χ0) is 11.0. The van der Waals surface area contributed by atoms with Gasteiger partial charge in [-0.25, -0.2) is 0 Å². The molecule has 2 atom stereocenters. The summed E-state index contributed by atoms with van der Waals surface area (Å²) in [6.07, 6.45) is 8.31. The zero-order valence-electron chi connectivity index (χ0n) is 9.23. The van der Waals surface area contributed by atoms with E-state index >= 15 is 0 Å². The SMILES string of the molecule is Brc1nnc(N2CCC[C@H]3CCCC[C@H]32)s1. The number of fused-ring (bicyclic) bond motifs is 1. The Labute approximate surface area is 108 Å². The van der Waals surface area contributed by atoms with Gasteiger partial charge in [-0.05, 0) is 47.5 Å². The first kappa shape index (κ1) is 11.0. The van der Waals surface area contributed by atoms with Crippen LogP contribution < -0.4 is 4.90 Å². The van der Waals surface area contributed by atoms with Gasteiger partial charge in [0.25, 0.3) is 0 Å². The molecule has 0 N–H and O–H groups in total. The lowest BCUT2D eigenvalue weighted by atomic mass is 9.78. The highest BCUT2D eigenvalue weighted by Crippen LogP contribution is 2.38. The molecule has 3 rings (SSSR count). The Balaban J connectivity index is 1.82. The van der Waals surface area contributed by atoms with Crippen molar-refractivity contribution in [1.29, 1.82) is 0 Å². The maximum atomic E-state index is 4.28. The van der Waals surface area contributed by atoms with Crippen LogP contribution in [0.3, 0.4) is 0 Å². The smallest absolute Gasteiger partial charge is 0.209 e. The van der Waals surface area contributed by atoms with Gasteiger partial charge in [0.15, 0.2) is 3.92 Å². The van der Waals surface area contributed by atoms with Gasteiger partial charge in [0.1, 0.15) is 0 Å². The summed E-state index contributed by atoms with van der Waals surface area (Å²) in [4.78, 5) is 2.51. The summed E-state index contributed by atoms with van der Waals surface area (Å²) in [5.74, 6) is 0.908. The number of piperidine rings is 1. The molecule has 0 bridgehead atoms. The summed E-state index contributed by atoms with van der Waals surface area (Å²) in [5, 5.41) is 9.47. The van der Waals surface area contributed by atoms with E-state index in [0.29, 0.717) is 0 Å². The molecule has 3 nitrogen and oxygen atoms in total. The second kappa shape index (κ2) is 4.61. The van der Waals surface area contributed by atoms with Crippen LogP contribution in [-0.2, 0) is 0 Å². The van der Waals surface area contributed by atoms with Crippen molar-refractivity contribution in [3.8, 4) is 0 Å². The summed E-state index contributed by atoms with van der Waals surface area (Å²) in [6, 6.07) is 0.738. The molecule has 88 valence electrons. The van der Waals surface area contributed by atoms with Gasteiger partial charge in [-0.1, -0.05) is 24.2 Å². The van der Waals surface area contributed by atoms with Gasteiger partial charge < -0.3 is 4.90 Å². The van der Waals surface area contributed by atoms with Crippen LogP contribution in [0, 0.1) is 5.92 Å². The molecule has 16 heavy (non-hydrogen) atoms. The molecule has 0 spiro atoms. The predicted molar refractivity (Wildman–Crippen MR) is 69.9 cm³/mol. The van der Waals surface area contributed by atoms with Crippen LogP contribution in [0.2, 0.25) is 0 Å². The maximum absolute atomic E-state index is 4.28. The fourth-order valence-corrected chi connectivity index (χ4v) is 4.35. The standard InChI is InChI=1S/C11H16BrN3S/c12-10-13-14-11(16-10)15-7-3-5-8-4-1-2-6-9(8)15/h8-9H,1-7H2/t8-,9-/m1/s1. The molecular formula is C11H16BrN3S. The minimum Gasteiger partial charge on any atom is -0.343 e. The quantitative estimate of drug-likeness (QED) is 0.795. The lowest BCUT2D eigenvalue weighted by Gasteiger charge is -2.43. The third-order valence-corrected chi connectivity index (χ3v) is 5.27. The molecule has 0 unspecified atom stereocenters. The van der Waals surface area contributed by atoms with Crippen LogP contribution in [0.1, 0.15) is 38.5 Å². The molecular weight excluding hydrogens is 286 g/mol. The van der Waals surface area contributed by atoms with E-state index in [-0.39, 0.29) is 0 Å². The first-order chi connectivity index (χ1) is 7.84. The van der Waals surface area contributed by atoms with Crippen molar-refractivity contribution in [2.24, 2.45) is 5.92 Å². The normalized spacial score (nSPS) is 30.2. The Bertz CT molecular complexity index is 366. The van der Waals surface area contributed by atoms with Crippen molar-refractivity contribution < 1.29 is 0 Å². The number of nitrogens with zero attached hydrogens (tertiary/aromatic N) is 3. The first-order valence-corrected chi connectivity index (χ1v) is 7.71. The van der Waals surface area contributed by atoms with Crippen molar-refractivity contribution >= 4 is 32.4 Å². The summed E-state index contributed by atoms with van der Waals surface area (Å²) < 4.78 is 0.903. The van der Waals surface area contributed by atoms with E-state index in [1.165, 1.54) is 45.1 Å². The molecule has 2 aliphatic rings. The van der Waals surface area contributed by atoms with E-state index in [1.54, 1.807) is 11.3 Å². The topological polar surface area (TPSA) is 29.0 Å². The van der Waals surface area contributed by atoms with Gasteiger partial charge in [-0.3, -0.25) is 0 Å². The minimum absolute atomic E-state index is 0.738. The molecule has 2 fully saturated rings. The molecule has 5 heteroatoms. The first-order valence-electron chi connectivity index (χ1n) is 6.10. The Morgan fingerprint density at radius 3 is 2.75 bits per heavy atom. The molecule has 1 aromatic heterocycles. The van der Waals surface area contributed by atoms with Gasteiger partial charge in [0, 0.05) is 12.6 Å². The van der Waals surface area contributed by atoms with E-state index < -0.39 is 0 Å². The van der Waals surface area contributed by atoms with Crippen LogP contribution in [0.15, 0.2) is 3.92 Å². The van der Waals surface area contributed by atoms with Crippen molar-refractivity contribution in [1.82, 2.24) is 10.2 Å². The summed E-state index contributed by atoms with van der Waals surface area (Å²) >= 11 is 5.08. The molecule has 1 aromatic rings. The third kappa shape index (κ3) is 1.99. The van der Waals surface area contributed by atoms with Crippen LogP contribution in [0.5, 0.6) is 0 Å². The molecule has 2 heterocycles. The van der Waals surface area contributed by atoms with Crippen LogP contribution >= 0.6 is 27.3 Å². The second-order valence-corrected chi connectivity index (χ2v) is 7.02. The van der Waals surface area contributed by atoms with Gasteiger partial charge >= 0.3 is 0 Å². The molecule has 1 saturated heterocycles. The number of aromatic nitrogens is 2. The number of rotatable bonds is 1. The van der Waals surface area contributed by atoms with Crippen molar-refractivity contribution in [2.45, 2.75) is 44.6 Å². The minimum atomic E-state index is 0.738. The molecule has 0 aromatic carbocycles. The van der Waals surface area contributed by atoms with E-state index in [9.17, 15) is 0 Å². The summed E-state index contributed by atoms with van der Waals surface area (Å²) in [6.45, 7) is 1.17. The fourth-order valence-electron chi connectivity index (χ4n) is 3.18. The number of hydrogen-bond acceptors (Lipinski definition) is 4. The van der Waals surface area contributed by atoms with E-state index in [4.69, 9.17) is 0 Å². The van der Waals surface area contributed by atoms with E-state index in [2.05, 4.69) is 31.0 Å². The lowest BCUT2D eigenvalue weighted by Crippen LogP contribution is -2.46. The maximum Gasteiger partial charge on any atom is 0.209 e. The van der Waals surface area contributed by atoms with E-state index in [1.807, 2.05) is 0 Å². The van der Waals surface area contributed by atoms with Crippen molar-refractivity contribution in [3.05, 3.63) is 3.92 Å². The highest BCUT2D eigenvalue weighted by molar-refractivity contribution is 9.11. The van der Waals surface area contributed by atoms with Crippen LogP contribution in [-0.4, -0.2) is 22.8 Å². The molecule has 0 amide bonds. The fraction of sp³-hybridized carbons (Fsp3) is 0.818. The van der Waals surface area contributed by atoms with Crippen LogP contribution in [0.4, 0.5) is 5.13 Å². The largest absolute Gasteiger partial charge is 0.343 e. The predicted octanol–water partition coefficient (Wildman–Crippen LogP) is 3.46. The van der Waals surface area contributed by atoms with Gasteiger partial charge in [-0.15, -0.1) is 10.2 Å².